The Morgan fingerprint density at radius 3 is 2.45 bits per heavy atom. The van der Waals surface area contributed by atoms with Crippen LogP contribution in [0.15, 0.2) is 0 Å². The van der Waals surface area contributed by atoms with E-state index in [1.807, 2.05) is 0 Å². The topological polar surface area (TPSA) is 34.1 Å². The van der Waals surface area contributed by atoms with E-state index in [0.717, 1.165) is 32.0 Å². The molecule has 2 nitrogen and oxygen atoms in total. The highest BCUT2D eigenvalue weighted by molar-refractivity contribution is 5.91. The highest BCUT2D eigenvalue weighted by Gasteiger charge is 2.11. The number of hydrogen-bond donors (Lipinski definition) is 0. The van der Waals surface area contributed by atoms with Crippen LogP contribution in [0.2, 0.25) is 0 Å². The van der Waals surface area contributed by atoms with E-state index in [2.05, 4.69) is 6.92 Å². The Balaban J connectivity index is 3.52. The molecule has 0 saturated heterocycles. The van der Waals surface area contributed by atoms with Crippen LogP contribution in [0, 0.1) is 5.92 Å². The zero-order valence-corrected chi connectivity index (χ0v) is 7.30. The predicted octanol–water partition coefficient (Wildman–Crippen LogP) is 1.97. The monoisotopic (exact) mass is 156 g/mol. The minimum atomic E-state index is -0.346. The molecule has 0 bridgehead atoms. The van der Waals surface area contributed by atoms with Gasteiger partial charge in [-0.1, -0.05) is 26.2 Å². The minimum Gasteiger partial charge on any atom is -0.303 e. The second-order valence-electron chi connectivity index (χ2n) is 2.85. The summed E-state index contributed by atoms with van der Waals surface area (Å²) < 4.78 is 0. The van der Waals surface area contributed by atoms with Gasteiger partial charge >= 0.3 is 0 Å². The molecule has 0 aliphatic heterocycles. The molecule has 0 N–H and O–H groups in total. The van der Waals surface area contributed by atoms with Gasteiger partial charge in [0.25, 0.3) is 0 Å². The molecule has 0 aliphatic carbocycles. The van der Waals surface area contributed by atoms with E-state index in [0.29, 0.717) is 0 Å². The molecule has 11 heavy (non-hydrogen) atoms. The summed E-state index contributed by atoms with van der Waals surface area (Å²) in [5.41, 5.74) is 0. The maximum Gasteiger partial charge on any atom is 0.139 e. The largest absolute Gasteiger partial charge is 0.303 e. The van der Waals surface area contributed by atoms with Crippen molar-refractivity contribution in [2.24, 2.45) is 5.92 Å². The standard InChI is InChI=1S/C9H16O2/c1-3-4-5-6-9(7-10)8(2)11/h7,9H,3-6H2,1-2H3. The van der Waals surface area contributed by atoms with Crippen molar-refractivity contribution in [2.75, 3.05) is 0 Å². The number of ketones is 1. The lowest BCUT2D eigenvalue weighted by molar-refractivity contribution is -0.125. The summed E-state index contributed by atoms with van der Waals surface area (Å²) in [6.07, 6.45) is 4.71. The zero-order valence-electron chi connectivity index (χ0n) is 7.30. The van der Waals surface area contributed by atoms with Gasteiger partial charge in [0.15, 0.2) is 0 Å². The summed E-state index contributed by atoms with van der Waals surface area (Å²) in [6, 6.07) is 0. The molecule has 0 aromatic carbocycles. The van der Waals surface area contributed by atoms with Crippen LogP contribution in [0.1, 0.15) is 39.5 Å². The molecule has 1 unspecified atom stereocenters. The molecule has 1 atom stereocenters. The van der Waals surface area contributed by atoms with Crippen LogP contribution in [0.4, 0.5) is 0 Å². The van der Waals surface area contributed by atoms with Crippen molar-refractivity contribution in [1.29, 1.82) is 0 Å². The molecule has 0 aromatic heterocycles. The second-order valence-corrected chi connectivity index (χ2v) is 2.85. The Bertz CT molecular complexity index is 130. The van der Waals surface area contributed by atoms with Crippen molar-refractivity contribution in [3.8, 4) is 0 Å². The van der Waals surface area contributed by atoms with Gasteiger partial charge in [0.2, 0.25) is 0 Å². The van der Waals surface area contributed by atoms with Gasteiger partial charge in [-0.05, 0) is 13.3 Å². The van der Waals surface area contributed by atoms with Crippen molar-refractivity contribution in [2.45, 2.75) is 39.5 Å². The third kappa shape index (κ3) is 4.71. The van der Waals surface area contributed by atoms with Gasteiger partial charge in [-0.25, -0.2) is 0 Å². The number of aldehydes is 1. The number of unbranched alkanes of at least 4 members (excludes halogenated alkanes) is 2. The Labute approximate surface area is 68.0 Å². The van der Waals surface area contributed by atoms with Crippen molar-refractivity contribution >= 4 is 12.1 Å². The number of hydrogen-bond acceptors (Lipinski definition) is 2. The van der Waals surface area contributed by atoms with Gasteiger partial charge in [0.1, 0.15) is 12.1 Å². The predicted molar refractivity (Wildman–Crippen MR) is 44.4 cm³/mol. The summed E-state index contributed by atoms with van der Waals surface area (Å²) in [5, 5.41) is 0. The normalized spacial score (nSPS) is 12.5. The smallest absolute Gasteiger partial charge is 0.139 e. The molecule has 0 heterocycles. The highest BCUT2D eigenvalue weighted by atomic mass is 16.1. The number of carbonyl (C=O) groups is 2. The number of Topliss-reactive ketones (excluding diaryl/α,β-unsaturated/α-hetero) is 1. The average molecular weight is 156 g/mol. The third-order valence-corrected chi connectivity index (χ3v) is 1.81. The van der Waals surface area contributed by atoms with Crippen molar-refractivity contribution in [3.05, 3.63) is 0 Å². The van der Waals surface area contributed by atoms with Crippen LogP contribution in [0.3, 0.4) is 0 Å². The maximum absolute atomic E-state index is 10.7. The SMILES string of the molecule is CCCCCC(C=O)C(C)=O. The molecule has 0 saturated carbocycles. The van der Waals surface area contributed by atoms with Crippen LogP contribution in [-0.2, 0) is 9.59 Å². The Morgan fingerprint density at radius 2 is 2.09 bits per heavy atom. The molecule has 0 amide bonds. The first-order valence-corrected chi connectivity index (χ1v) is 4.18. The summed E-state index contributed by atoms with van der Waals surface area (Å²) >= 11 is 0. The average Bonchev–Trinajstić information content (AvgIpc) is 1.97. The Hall–Kier alpha value is -0.660. The van der Waals surface area contributed by atoms with E-state index >= 15 is 0 Å². The van der Waals surface area contributed by atoms with Crippen LogP contribution < -0.4 is 0 Å². The molecule has 0 aromatic rings. The summed E-state index contributed by atoms with van der Waals surface area (Å²) in [5.74, 6) is -0.349. The molecule has 64 valence electrons. The molecular weight excluding hydrogens is 140 g/mol. The fourth-order valence-corrected chi connectivity index (χ4v) is 0.981. The third-order valence-electron chi connectivity index (χ3n) is 1.81. The van der Waals surface area contributed by atoms with Gasteiger partial charge in [-0.2, -0.15) is 0 Å². The van der Waals surface area contributed by atoms with Gasteiger partial charge in [0, 0.05) is 0 Å². The van der Waals surface area contributed by atoms with E-state index in [-0.39, 0.29) is 11.7 Å². The molecule has 0 spiro atoms. The number of carbonyl (C=O) groups excluding carboxylic acids is 2. The highest BCUT2D eigenvalue weighted by Crippen LogP contribution is 2.08. The number of rotatable bonds is 6. The first kappa shape index (κ1) is 10.3. The summed E-state index contributed by atoms with van der Waals surface area (Å²) in [7, 11) is 0. The molecule has 0 radical (unpaired) electrons. The van der Waals surface area contributed by atoms with Gasteiger partial charge < -0.3 is 4.79 Å². The van der Waals surface area contributed by atoms with Crippen LogP contribution >= 0.6 is 0 Å². The Kier molecular flexibility index (Phi) is 5.71. The first-order valence-electron chi connectivity index (χ1n) is 4.18. The van der Waals surface area contributed by atoms with Crippen LogP contribution in [-0.4, -0.2) is 12.1 Å². The van der Waals surface area contributed by atoms with Crippen molar-refractivity contribution in [1.82, 2.24) is 0 Å². The Morgan fingerprint density at radius 1 is 1.45 bits per heavy atom. The molecule has 0 fully saturated rings. The first-order chi connectivity index (χ1) is 5.22. The fourth-order valence-electron chi connectivity index (χ4n) is 0.981. The zero-order chi connectivity index (χ0) is 8.69. The second kappa shape index (κ2) is 6.08. The van der Waals surface area contributed by atoms with Crippen molar-refractivity contribution in [3.63, 3.8) is 0 Å². The van der Waals surface area contributed by atoms with Crippen LogP contribution in [0.5, 0.6) is 0 Å². The lowest BCUT2D eigenvalue weighted by atomic mass is 9.99. The lowest BCUT2D eigenvalue weighted by Crippen LogP contribution is -2.11. The quantitative estimate of drug-likeness (QED) is 0.335. The summed E-state index contributed by atoms with van der Waals surface area (Å²) in [4.78, 5) is 21.1. The molecule has 0 rings (SSSR count). The fraction of sp³-hybridized carbons (Fsp3) is 0.778. The van der Waals surface area contributed by atoms with Crippen LogP contribution in [0.25, 0.3) is 0 Å². The van der Waals surface area contributed by atoms with Crippen molar-refractivity contribution < 1.29 is 9.59 Å². The minimum absolute atomic E-state index is 0.00361. The van der Waals surface area contributed by atoms with E-state index in [4.69, 9.17) is 0 Å². The van der Waals surface area contributed by atoms with Gasteiger partial charge in [-0.15, -0.1) is 0 Å². The summed E-state index contributed by atoms with van der Waals surface area (Å²) in [6.45, 7) is 3.58. The van der Waals surface area contributed by atoms with E-state index in [1.165, 1.54) is 6.92 Å². The van der Waals surface area contributed by atoms with Gasteiger partial charge in [0.05, 0.1) is 5.92 Å². The molecular formula is C9H16O2. The van der Waals surface area contributed by atoms with E-state index in [9.17, 15) is 9.59 Å². The molecule has 0 aliphatic rings. The van der Waals surface area contributed by atoms with E-state index < -0.39 is 0 Å². The molecule has 2 heteroatoms. The van der Waals surface area contributed by atoms with E-state index in [1.54, 1.807) is 0 Å². The maximum atomic E-state index is 10.7. The lowest BCUT2D eigenvalue weighted by Gasteiger charge is -2.03. The van der Waals surface area contributed by atoms with Gasteiger partial charge in [-0.3, -0.25) is 4.79 Å².